The van der Waals surface area contributed by atoms with Gasteiger partial charge in [-0.2, -0.15) is 0 Å². The summed E-state index contributed by atoms with van der Waals surface area (Å²) in [6.07, 6.45) is 2.01. The molecule has 0 atom stereocenters. The zero-order chi connectivity index (χ0) is 18.1. The van der Waals surface area contributed by atoms with E-state index in [9.17, 15) is 4.79 Å². The van der Waals surface area contributed by atoms with Gasteiger partial charge in [-0.3, -0.25) is 4.79 Å². The molecule has 0 spiro atoms. The Morgan fingerprint density at radius 2 is 1.84 bits per heavy atom. The Balaban J connectivity index is 2.09. The van der Waals surface area contributed by atoms with Crippen molar-refractivity contribution in [2.75, 3.05) is 20.8 Å². The number of hydrogen-bond acceptors (Lipinski definition) is 4. The number of carbonyl (C=O) groups excluding carboxylic acids is 1. The lowest BCUT2D eigenvalue weighted by Crippen LogP contribution is -2.24. The molecule has 0 aromatic heterocycles. The summed E-state index contributed by atoms with van der Waals surface area (Å²) in [6.45, 7) is 3.07. The first-order valence-electron chi connectivity index (χ1n) is 8.40. The normalized spacial score (nSPS) is 10.2. The van der Waals surface area contributed by atoms with Gasteiger partial charge in [0.2, 0.25) is 0 Å². The van der Waals surface area contributed by atoms with Crippen LogP contribution in [0.4, 0.5) is 0 Å². The molecule has 0 aliphatic carbocycles. The van der Waals surface area contributed by atoms with Crippen LogP contribution in [0.25, 0.3) is 0 Å². The fourth-order valence-corrected chi connectivity index (χ4v) is 2.37. The molecule has 0 saturated carbocycles. The SMILES string of the molecule is CCCCNC(=O)c1ccc(OC)c(COc2cccc(OC)c2)c1. The number of hydrogen-bond donors (Lipinski definition) is 1. The number of nitrogens with one attached hydrogen (secondary N) is 1. The van der Waals surface area contributed by atoms with Gasteiger partial charge in [-0.1, -0.05) is 19.4 Å². The van der Waals surface area contributed by atoms with E-state index in [2.05, 4.69) is 12.2 Å². The van der Waals surface area contributed by atoms with Crippen LogP contribution >= 0.6 is 0 Å². The van der Waals surface area contributed by atoms with E-state index < -0.39 is 0 Å². The van der Waals surface area contributed by atoms with Gasteiger partial charge in [0.25, 0.3) is 5.91 Å². The van der Waals surface area contributed by atoms with Gasteiger partial charge >= 0.3 is 0 Å². The van der Waals surface area contributed by atoms with Crippen molar-refractivity contribution in [1.82, 2.24) is 5.32 Å². The van der Waals surface area contributed by atoms with Crippen molar-refractivity contribution >= 4 is 5.91 Å². The molecular formula is C20H25NO4. The Morgan fingerprint density at radius 1 is 1.04 bits per heavy atom. The minimum absolute atomic E-state index is 0.0845. The third kappa shape index (κ3) is 5.41. The summed E-state index contributed by atoms with van der Waals surface area (Å²) in [5.41, 5.74) is 1.41. The number of amides is 1. The van der Waals surface area contributed by atoms with Crippen molar-refractivity contribution < 1.29 is 19.0 Å². The summed E-state index contributed by atoms with van der Waals surface area (Å²) < 4.78 is 16.4. The molecule has 0 heterocycles. The van der Waals surface area contributed by atoms with Gasteiger partial charge in [-0.05, 0) is 36.8 Å². The van der Waals surface area contributed by atoms with Crippen molar-refractivity contribution in [3.8, 4) is 17.2 Å². The topological polar surface area (TPSA) is 56.8 Å². The molecule has 0 aliphatic rings. The molecule has 2 rings (SSSR count). The van der Waals surface area contributed by atoms with Crippen LogP contribution in [-0.4, -0.2) is 26.7 Å². The second-order valence-electron chi connectivity index (χ2n) is 5.60. The highest BCUT2D eigenvalue weighted by Gasteiger charge is 2.11. The van der Waals surface area contributed by atoms with Gasteiger partial charge in [0.15, 0.2) is 0 Å². The van der Waals surface area contributed by atoms with Gasteiger partial charge in [0, 0.05) is 23.7 Å². The maximum Gasteiger partial charge on any atom is 0.251 e. The number of methoxy groups -OCH3 is 2. The van der Waals surface area contributed by atoms with E-state index in [1.807, 2.05) is 24.3 Å². The largest absolute Gasteiger partial charge is 0.497 e. The highest BCUT2D eigenvalue weighted by Crippen LogP contribution is 2.24. The smallest absolute Gasteiger partial charge is 0.251 e. The first-order valence-corrected chi connectivity index (χ1v) is 8.40. The van der Waals surface area contributed by atoms with Gasteiger partial charge in [0.1, 0.15) is 23.9 Å². The number of rotatable bonds is 9. The van der Waals surface area contributed by atoms with Gasteiger partial charge in [0.05, 0.1) is 14.2 Å². The van der Waals surface area contributed by atoms with Crippen molar-refractivity contribution in [3.63, 3.8) is 0 Å². The highest BCUT2D eigenvalue weighted by molar-refractivity contribution is 5.94. The molecule has 0 radical (unpaired) electrons. The molecule has 1 amide bonds. The molecule has 1 N–H and O–H groups in total. The predicted octanol–water partition coefficient (Wildman–Crippen LogP) is 3.81. The summed E-state index contributed by atoms with van der Waals surface area (Å²) in [5, 5.41) is 2.92. The van der Waals surface area contributed by atoms with Crippen LogP contribution in [0.2, 0.25) is 0 Å². The van der Waals surface area contributed by atoms with Crippen molar-refractivity contribution in [2.45, 2.75) is 26.4 Å². The van der Waals surface area contributed by atoms with Crippen LogP contribution < -0.4 is 19.5 Å². The molecule has 2 aromatic rings. The van der Waals surface area contributed by atoms with E-state index in [0.717, 1.165) is 24.2 Å². The van der Waals surface area contributed by atoms with Gasteiger partial charge in [-0.15, -0.1) is 0 Å². The molecule has 0 bridgehead atoms. The Labute approximate surface area is 148 Å². The van der Waals surface area contributed by atoms with E-state index in [1.54, 1.807) is 32.4 Å². The first-order chi connectivity index (χ1) is 12.2. The van der Waals surface area contributed by atoms with E-state index >= 15 is 0 Å². The number of carbonyl (C=O) groups is 1. The fourth-order valence-electron chi connectivity index (χ4n) is 2.37. The van der Waals surface area contributed by atoms with Crippen LogP contribution in [0.1, 0.15) is 35.7 Å². The van der Waals surface area contributed by atoms with Crippen molar-refractivity contribution in [3.05, 3.63) is 53.6 Å². The average molecular weight is 343 g/mol. The molecule has 0 fully saturated rings. The molecule has 134 valence electrons. The van der Waals surface area contributed by atoms with E-state index in [-0.39, 0.29) is 5.91 Å². The molecule has 25 heavy (non-hydrogen) atoms. The zero-order valence-electron chi connectivity index (χ0n) is 15.0. The second-order valence-corrected chi connectivity index (χ2v) is 5.60. The van der Waals surface area contributed by atoms with Crippen molar-refractivity contribution in [1.29, 1.82) is 0 Å². The standard InChI is InChI=1S/C20H25NO4/c1-4-5-11-21-20(22)15-9-10-19(24-3)16(12-15)14-25-18-8-6-7-17(13-18)23-2/h6-10,12-13H,4-5,11,14H2,1-3H3,(H,21,22). The molecule has 5 heteroatoms. The third-order valence-electron chi connectivity index (χ3n) is 3.79. The summed E-state index contributed by atoms with van der Waals surface area (Å²) in [6, 6.07) is 12.7. The Bertz CT molecular complexity index is 700. The lowest BCUT2D eigenvalue weighted by atomic mass is 10.1. The van der Waals surface area contributed by atoms with Crippen LogP contribution in [-0.2, 0) is 6.61 Å². The highest BCUT2D eigenvalue weighted by atomic mass is 16.5. The zero-order valence-corrected chi connectivity index (χ0v) is 15.0. The predicted molar refractivity (Wildman–Crippen MR) is 97.6 cm³/mol. The van der Waals surface area contributed by atoms with E-state index in [1.165, 1.54) is 0 Å². The number of benzene rings is 2. The van der Waals surface area contributed by atoms with Gasteiger partial charge in [-0.25, -0.2) is 0 Å². The second kappa shape index (κ2) is 9.57. The maximum absolute atomic E-state index is 12.2. The lowest BCUT2D eigenvalue weighted by Gasteiger charge is -2.13. The number of ether oxygens (including phenoxy) is 3. The fraction of sp³-hybridized carbons (Fsp3) is 0.350. The van der Waals surface area contributed by atoms with Crippen LogP contribution in [0, 0.1) is 0 Å². The molecule has 0 aliphatic heterocycles. The molecule has 0 unspecified atom stereocenters. The Kier molecular flexibility index (Phi) is 7.14. The van der Waals surface area contributed by atoms with E-state index in [4.69, 9.17) is 14.2 Å². The summed E-state index contributed by atoms with van der Waals surface area (Å²) in [4.78, 5) is 12.2. The summed E-state index contributed by atoms with van der Waals surface area (Å²) in [5.74, 6) is 2.03. The molecular weight excluding hydrogens is 318 g/mol. The Hall–Kier alpha value is -2.69. The minimum Gasteiger partial charge on any atom is -0.497 e. The monoisotopic (exact) mass is 343 g/mol. The maximum atomic E-state index is 12.2. The number of unbranched alkanes of at least 4 members (excludes halogenated alkanes) is 1. The molecule has 0 saturated heterocycles. The van der Waals surface area contributed by atoms with Crippen molar-refractivity contribution in [2.24, 2.45) is 0 Å². The minimum atomic E-state index is -0.0845. The molecule has 2 aromatic carbocycles. The Morgan fingerprint density at radius 3 is 2.56 bits per heavy atom. The average Bonchev–Trinajstić information content (AvgIpc) is 2.66. The lowest BCUT2D eigenvalue weighted by molar-refractivity contribution is 0.0953. The van der Waals surface area contributed by atoms with E-state index in [0.29, 0.717) is 30.2 Å². The summed E-state index contributed by atoms with van der Waals surface area (Å²) in [7, 11) is 3.22. The first kappa shape index (κ1) is 18.6. The van der Waals surface area contributed by atoms with Crippen LogP contribution in [0.5, 0.6) is 17.2 Å². The van der Waals surface area contributed by atoms with Gasteiger partial charge < -0.3 is 19.5 Å². The third-order valence-corrected chi connectivity index (χ3v) is 3.79. The molecule has 5 nitrogen and oxygen atoms in total. The van der Waals surface area contributed by atoms with Crippen LogP contribution in [0.3, 0.4) is 0 Å². The quantitative estimate of drug-likeness (QED) is 0.704. The van der Waals surface area contributed by atoms with Crippen LogP contribution in [0.15, 0.2) is 42.5 Å². The summed E-state index contributed by atoms with van der Waals surface area (Å²) >= 11 is 0.